The summed E-state index contributed by atoms with van der Waals surface area (Å²) in [4.78, 5) is 33.5. The first kappa shape index (κ1) is 26.3. The van der Waals surface area contributed by atoms with Crippen molar-refractivity contribution in [2.75, 3.05) is 19.7 Å². The summed E-state index contributed by atoms with van der Waals surface area (Å²) in [5, 5.41) is 28.1. The van der Waals surface area contributed by atoms with Crippen molar-refractivity contribution in [3.05, 3.63) is 60.4 Å². The summed E-state index contributed by atoms with van der Waals surface area (Å²) in [6.45, 7) is 2.34. The molecule has 0 aliphatic heterocycles. The Kier molecular flexibility index (Phi) is 10.5. The van der Waals surface area contributed by atoms with Crippen LogP contribution in [0.4, 0.5) is 0 Å². The monoisotopic (exact) mass is 472 g/mol. The van der Waals surface area contributed by atoms with Gasteiger partial charge in [-0.2, -0.15) is 0 Å². The lowest BCUT2D eigenvalue weighted by molar-refractivity contribution is -0.159. The first-order valence-electron chi connectivity index (χ1n) is 10.5. The molecule has 0 saturated carbocycles. The molecule has 0 bridgehead atoms. The van der Waals surface area contributed by atoms with Crippen LogP contribution in [0.2, 0.25) is 0 Å². The van der Waals surface area contributed by atoms with E-state index in [0.717, 1.165) is 36.1 Å². The molecule has 0 fully saturated rings. The number of aromatic nitrogens is 2. The van der Waals surface area contributed by atoms with Gasteiger partial charge in [0.1, 0.15) is 18.5 Å². The summed E-state index contributed by atoms with van der Waals surface area (Å²) in [7, 11) is 0. The van der Waals surface area contributed by atoms with Crippen molar-refractivity contribution >= 4 is 28.9 Å². The molecule has 0 spiro atoms. The van der Waals surface area contributed by atoms with Crippen molar-refractivity contribution in [3.63, 3.8) is 0 Å². The first-order chi connectivity index (χ1) is 16.3. The number of hydrogen-bond donors (Lipinski definition) is 5. The lowest BCUT2D eigenvalue weighted by Crippen LogP contribution is -2.32. The molecule has 0 radical (unpaired) electrons. The van der Waals surface area contributed by atoms with Crippen LogP contribution in [0, 0.1) is 0 Å². The number of carboxylic acid groups (broad SMARTS) is 2. The highest BCUT2D eigenvalue weighted by Crippen LogP contribution is 2.13. The maximum atomic E-state index is 10.9. The zero-order valence-corrected chi connectivity index (χ0v) is 18.5. The second-order valence-corrected chi connectivity index (χ2v) is 7.35. The number of aliphatic hydroxyl groups excluding tert-OH is 1. The Morgan fingerprint density at radius 2 is 1.74 bits per heavy atom. The van der Waals surface area contributed by atoms with Gasteiger partial charge in [0.25, 0.3) is 0 Å². The molecule has 0 saturated heterocycles. The van der Waals surface area contributed by atoms with E-state index in [-0.39, 0.29) is 18.9 Å². The smallest absolute Gasteiger partial charge is 0.414 e. The van der Waals surface area contributed by atoms with Crippen molar-refractivity contribution in [1.82, 2.24) is 14.9 Å². The predicted octanol–water partition coefficient (Wildman–Crippen LogP) is 0.639. The molecule has 11 nitrogen and oxygen atoms in total. The van der Waals surface area contributed by atoms with E-state index in [0.29, 0.717) is 12.3 Å². The van der Waals surface area contributed by atoms with Crippen molar-refractivity contribution in [2.24, 2.45) is 5.73 Å². The molecule has 1 heterocycles. The number of ether oxygens (including phenoxy) is 1. The molecule has 0 aliphatic carbocycles. The number of carbonyl (C=O) groups excluding carboxylic acids is 1. The van der Waals surface area contributed by atoms with E-state index >= 15 is 0 Å². The minimum absolute atomic E-state index is 0.203. The topological polar surface area (TPSA) is 177 Å². The van der Waals surface area contributed by atoms with E-state index in [2.05, 4.69) is 20.9 Å². The quantitative estimate of drug-likeness (QED) is 0.198. The van der Waals surface area contributed by atoms with Crippen molar-refractivity contribution in [2.45, 2.75) is 25.5 Å². The van der Waals surface area contributed by atoms with Crippen LogP contribution in [0.5, 0.6) is 5.75 Å². The number of fused-ring (bicyclic) bond motifs is 1. The lowest BCUT2D eigenvalue weighted by atomic mass is 10.1. The van der Waals surface area contributed by atoms with E-state index in [1.54, 1.807) is 24.3 Å². The normalized spacial score (nSPS) is 11.3. The molecular formula is C23H28N4O7. The highest BCUT2D eigenvalue weighted by atomic mass is 16.5. The van der Waals surface area contributed by atoms with Gasteiger partial charge in [-0.15, -0.1) is 0 Å². The van der Waals surface area contributed by atoms with Gasteiger partial charge in [0.2, 0.25) is 5.91 Å². The van der Waals surface area contributed by atoms with Gasteiger partial charge in [0.05, 0.1) is 23.8 Å². The molecule has 1 atom stereocenters. The van der Waals surface area contributed by atoms with Crippen LogP contribution in [0.15, 0.2) is 54.9 Å². The Labute approximate surface area is 195 Å². The summed E-state index contributed by atoms with van der Waals surface area (Å²) in [6, 6.07) is 15.2. The number of aryl methyl sites for hydroxylation is 1. The Morgan fingerprint density at radius 1 is 1.06 bits per heavy atom. The number of amides is 1. The van der Waals surface area contributed by atoms with Gasteiger partial charge < -0.3 is 35.7 Å². The average Bonchev–Trinajstić information content (AvgIpc) is 3.21. The van der Waals surface area contributed by atoms with E-state index in [1.165, 1.54) is 0 Å². The number of carbonyl (C=O) groups is 3. The summed E-state index contributed by atoms with van der Waals surface area (Å²) in [5.74, 6) is -3.36. The summed E-state index contributed by atoms with van der Waals surface area (Å²) in [5.41, 5.74) is 8.15. The maximum Gasteiger partial charge on any atom is 0.414 e. The Bertz CT molecular complexity index is 1070. The number of aliphatic carboxylic acids is 2. The van der Waals surface area contributed by atoms with Gasteiger partial charge in [-0.25, -0.2) is 14.6 Å². The minimum Gasteiger partial charge on any atom is -0.491 e. The minimum atomic E-state index is -1.82. The molecule has 1 unspecified atom stereocenters. The Hall–Kier alpha value is -3.96. The van der Waals surface area contributed by atoms with Gasteiger partial charge in [0.15, 0.2) is 0 Å². The van der Waals surface area contributed by atoms with Gasteiger partial charge in [-0.1, -0.05) is 24.3 Å². The SMILES string of the molecule is NC(=O)Cc1ccc(OCC(O)CNCCCn2cnc3ccccc32)cc1.O=C(O)C(=O)O. The number of hydrogen-bond acceptors (Lipinski definition) is 7. The van der Waals surface area contributed by atoms with Crippen molar-refractivity contribution in [3.8, 4) is 5.75 Å². The van der Waals surface area contributed by atoms with Gasteiger partial charge in [0, 0.05) is 13.1 Å². The highest BCUT2D eigenvalue weighted by molar-refractivity contribution is 6.27. The molecule has 3 rings (SSSR count). The van der Waals surface area contributed by atoms with Gasteiger partial charge in [-0.05, 0) is 42.8 Å². The second kappa shape index (κ2) is 13.6. The number of benzene rings is 2. The molecular weight excluding hydrogens is 444 g/mol. The Balaban J connectivity index is 0.000000604. The highest BCUT2D eigenvalue weighted by Gasteiger charge is 2.06. The van der Waals surface area contributed by atoms with Crippen LogP contribution in [0.3, 0.4) is 0 Å². The average molecular weight is 472 g/mol. The molecule has 3 aromatic rings. The maximum absolute atomic E-state index is 10.9. The van der Waals surface area contributed by atoms with Crippen LogP contribution in [0.1, 0.15) is 12.0 Å². The number of nitrogens with zero attached hydrogens (tertiary/aromatic N) is 2. The fraction of sp³-hybridized carbons (Fsp3) is 0.304. The van der Waals surface area contributed by atoms with Crippen LogP contribution < -0.4 is 15.8 Å². The molecule has 1 amide bonds. The number of primary amides is 1. The zero-order valence-electron chi connectivity index (χ0n) is 18.5. The standard InChI is InChI=1S/C21H26N4O3.C2H2O4/c22-21(27)12-16-6-8-18(9-7-16)28-14-17(26)13-23-10-3-11-25-15-24-19-4-1-2-5-20(19)25;3-1(4)2(5)6/h1-2,4-9,15,17,23,26H,3,10-14H2,(H2,22,27);(H,3,4)(H,5,6). The molecule has 0 aliphatic rings. The first-order valence-corrected chi connectivity index (χ1v) is 10.5. The second-order valence-electron chi connectivity index (χ2n) is 7.35. The molecule has 1 aromatic heterocycles. The Morgan fingerprint density at radius 3 is 2.38 bits per heavy atom. The van der Waals surface area contributed by atoms with Crippen LogP contribution >= 0.6 is 0 Å². The fourth-order valence-corrected chi connectivity index (χ4v) is 2.99. The van der Waals surface area contributed by atoms with E-state index in [4.69, 9.17) is 30.3 Å². The summed E-state index contributed by atoms with van der Waals surface area (Å²) >= 11 is 0. The number of carboxylic acids is 2. The lowest BCUT2D eigenvalue weighted by Gasteiger charge is -2.13. The summed E-state index contributed by atoms with van der Waals surface area (Å²) in [6.07, 6.45) is 2.42. The number of rotatable bonds is 11. The van der Waals surface area contributed by atoms with E-state index < -0.39 is 18.0 Å². The van der Waals surface area contributed by atoms with Crippen LogP contribution in [-0.2, 0) is 27.3 Å². The number of para-hydroxylation sites is 2. The number of imidazole rings is 1. The van der Waals surface area contributed by atoms with E-state index in [9.17, 15) is 9.90 Å². The van der Waals surface area contributed by atoms with Crippen molar-refractivity contribution in [1.29, 1.82) is 0 Å². The predicted molar refractivity (Wildman–Crippen MR) is 123 cm³/mol. The number of nitrogens with two attached hydrogens (primary N) is 1. The van der Waals surface area contributed by atoms with E-state index in [1.807, 2.05) is 24.5 Å². The van der Waals surface area contributed by atoms with Gasteiger partial charge >= 0.3 is 11.9 Å². The number of nitrogens with one attached hydrogen (secondary N) is 1. The zero-order chi connectivity index (χ0) is 24.9. The fourth-order valence-electron chi connectivity index (χ4n) is 2.99. The van der Waals surface area contributed by atoms with Crippen molar-refractivity contribution < 1.29 is 34.4 Å². The number of aliphatic hydroxyl groups is 1. The largest absolute Gasteiger partial charge is 0.491 e. The summed E-state index contributed by atoms with van der Waals surface area (Å²) < 4.78 is 7.71. The molecule has 6 N–H and O–H groups in total. The van der Waals surface area contributed by atoms with Crippen LogP contribution in [-0.4, -0.2) is 68.5 Å². The van der Waals surface area contributed by atoms with Gasteiger partial charge in [-0.3, -0.25) is 4.79 Å². The van der Waals surface area contributed by atoms with Crippen LogP contribution in [0.25, 0.3) is 11.0 Å². The molecule has 34 heavy (non-hydrogen) atoms. The molecule has 11 heteroatoms. The third kappa shape index (κ3) is 9.27. The molecule has 2 aromatic carbocycles. The third-order valence-corrected chi connectivity index (χ3v) is 4.59. The molecule has 182 valence electrons. The third-order valence-electron chi connectivity index (χ3n) is 4.59.